The molecular formula is C17H10N2O6. The number of carbonyl (C=O) groups is 2. The fraction of sp³-hybridized carbons (Fsp3) is 0.0588. The lowest BCUT2D eigenvalue weighted by atomic mass is 10.2. The highest BCUT2D eigenvalue weighted by Crippen LogP contribution is 2.17. The second-order valence-electron chi connectivity index (χ2n) is 4.50. The van der Waals surface area contributed by atoms with Crippen LogP contribution < -0.4 is 4.74 Å². The number of hydrogen-bond acceptors (Lipinski definition) is 8. The lowest BCUT2D eigenvalue weighted by Gasteiger charge is -2.06. The van der Waals surface area contributed by atoms with Gasteiger partial charge in [-0.15, -0.1) is 0 Å². The van der Waals surface area contributed by atoms with Crippen LogP contribution in [-0.4, -0.2) is 30.7 Å². The highest BCUT2D eigenvalue weighted by molar-refractivity contribution is 5.91. The van der Waals surface area contributed by atoms with Crippen LogP contribution in [0.3, 0.4) is 0 Å². The van der Waals surface area contributed by atoms with Crippen molar-refractivity contribution >= 4 is 35.5 Å². The minimum atomic E-state index is -0.776. The first-order valence-electron chi connectivity index (χ1n) is 6.86. The summed E-state index contributed by atoms with van der Waals surface area (Å²) in [5, 5.41) is 0. The minimum Gasteiger partial charge on any atom is -0.450 e. The van der Waals surface area contributed by atoms with E-state index in [1.807, 2.05) is 0 Å². The molecule has 124 valence electrons. The molecule has 0 saturated carbocycles. The molecule has 0 heterocycles. The molecule has 0 aliphatic carbocycles. The summed E-state index contributed by atoms with van der Waals surface area (Å²) >= 11 is 0. The van der Waals surface area contributed by atoms with Crippen molar-refractivity contribution in [1.82, 2.24) is 0 Å². The summed E-state index contributed by atoms with van der Waals surface area (Å²) < 4.78 is 9.80. The second kappa shape index (κ2) is 8.69. The number of rotatable bonds is 6. The molecule has 0 atom stereocenters. The second-order valence-corrected chi connectivity index (χ2v) is 4.50. The van der Waals surface area contributed by atoms with E-state index < -0.39 is 18.5 Å². The maximum Gasteiger partial charge on any atom is 0.349 e. The van der Waals surface area contributed by atoms with Crippen LogP contribution >= 0.6 is 0 Å². The maximum atomic E-state index is 11.8. The molecule has 8 heteroatoms. The maximum absolute atomic E-state index is 11.8. The third-order valence-corrected chi connectivity index (χ3v) is 2.84. The average Bonchev–Trinajstić information content (AvgIpc) is 2.62. The third kappa shape index (κ3) is 5.37. The number of aliphatic imine (C=N–C) groups is 2. The zero-order valence-electron chi connectivity index (χ0n) is 12.7. The summed E-state index contributed by atoms with van der Waals surface area (Å²) in [6.45, 7) is -0.582. The van der Waals surface area contributed by atoms with Gasteiger partial charge in [-0.25, -0.2) is 19.2 Å². The summed E-state index contributed by atoms with van der Waals surface area (Å²) in [6.07, 6.45) is 2.77. The normalized spacial score (nSPS) is 9.28. The van der Waals surface area contributed by atoms with Gasteiger partial charge in [0.05, 0.1) is 16.9 Å². The van der Waals surface area contributed by atoms with Gasteiger partial charge in [0.15, 0.2) is 6.61 Å². The number of nitrogens with zero attached hydrogens (tertiary/aromatic N) is 2. The summed E-state index contributed by atoms with van der Waals surface area (Å²) in [5.74, 6) is -1.29. The number of carbonyl (C=O) groups excluding carboxylic acids is 4. The molecule has 25 heavy (non-hydrogen) atoms. The number of esters is 2. The van der Waals surface area contributed by atoms with Crippen LogP contribution in [0.5, 0.6) is 5.75 Å². The zero-order chi connectivity index (χ0) is 18.1. The van der Waals surface area contributed by atoms with Crippen molar-refractivity contribution in [3.05, 3.63) is 54.1 Å². The summed E-state index contributed by atoms with van der Waals surface area (Å²) in [4.78, 5) is 50.5. The number of benzene rings is 2. The van der Waals surface area contributed by atoms with Gasteiger partial charge in [0.1, 0.15) is 5.75 Å². The van der Waals surface area contributed by atoms with Crippen LogP contribution in [0, 0.1) is 0 Å². The highest BCUT2D eigenvalue weighted by atomic mass is 16.6. The molecule has 2 aromatic rings. The third-order valence-electron chi connectivity index (χ3n) is 2.84. The molecule has 0 N–H and O–H groups in total. The van der Waals surface area contributed by atoms with Gasteiger partial charge < -0.3 is 9.47 Å². The molecule has 8 nitrogen and oxygen atoms in total. The summed E-state index contributed by atoms with van der Waals surface area (Å²) in [6, 6.07) is 11.5. The smallest absolute Gasteiger partial charge is 0.349 e. The van der Waals surface area contributed by atoms with Crippen LogP contribution in [0.4, 0.5) is 11.4 Å². The van der Waals surface area contributed by atoms with Gasteiger partial charge in [-0.3, -0.25) is 0 Å². The minimum absolute atomic E-state index is 0.189. The van der Waals surface area contributed by atoms with Crippen molar-refractivity contribution in [2.75, 3.05) is 6.61 Å². The van der Waals surface area contributed by atoms with Gasteiger partial charge in [0, 0.05) is 0 Å². The van der Waals surface area contributed by atoms with Crippen molar-refractivity contribution in [3.63, 3.8) is 0 Å². The Morgan fingerprint density at radius 3 is 1.88 bits per heavy atom. The number of ether oxygens (including phenoxy) is 2. The largest absolute Gasteiger partial charge is 0.450 e. The molecule has 0 aliphatic rings. The molecule has 0 radical (unpaired) electrons. The highest BCUT2D eigenvalue weighted by Gasteiger charge is 2.12. The van der Waals surface area contributed by atoms with Crippen LogP contribution in [0.15, 0.2) is 58.5 Å². The number of isocyanates is 2. The molecule has 0 saturated heterocycles. The molecule has 0 spiro atoms. The van der Waals surface area contributed by atoms with Crippen LogP contribution in [0.2, 0.25) is 0 Å². The topological polar surface area (TPSA) is 111 Å². The fourth-order valence-electron chi connectivity index (χ4n) is 1.73. The fourth-order valence-corrected chi connectivity index (χ4v) is 1.73. The molecule has 0 fully saturated rings. The van der Waals surface area contributed by atoms with Crippen LogP contribution in [-0.2, 0) is 19.1 Å². The van der Waals surface area contributed by atoms with E-state index in [9.17, 15) is 19.2 Å². The Labute approximate surface area is 141 Å². The lowest BCUT2D eigenvalue weighted by molar-refractivity contribution is -0.137. The van der Waals surface area contributed by atoms with Crippen molar-refractivity contribution in [3.8, 4) is 5.75 Å². The van der Waals surface area contributed by atoms with Gasteiger partial charge in [0.25, 0.3) is 0 Å². The Kier molecular flexibility index (Phi) is 6.08. The first kappa shape index (κ1) is 17.5. The predicted molar refractivity (Wildman–Crippen MR) is 84.4 cm³/mol. The van der Waals surface area contributed by atoms with Gasteiger partial charge in [-0.05, 0) is 48.5 Å². The predicted octanol–water partition coefficient (Wildman–Crippen LogP) is 2.38. The van der Waals surface area contributed by atoms with Crippen LogP contribution in [0.25, 0.3) is 0 Å². The van der Waals surface area contributed by atoms with Crippen molar-refractivity contribution in [1.29, 1.82) is 0 Å². The lowest BCUT2D eigenvalue weighted by Crippen LogP contribution is -2.18. The van der Waals surface area contributed by atoms with E-state index in [-0.39, 0.29) is 11.3 Å². The van der Waals surface area contributed by atoms with E-state index in [0.29, 0.717) is 11.4 Å². The molecule has 0 aromatic heterocycles. The van der Waals surface area contributed by atoms with E-state index in [1.54, 1.807) is 0 Å². The van der Waals surface area contributed by atoms with E-state index in [0.717, 1.165) is 0 Å². The molecular weight excluding hydrogens is 328 g/mol. The Morgan fingerprint density at radius 2 is 1.36 bits per heavy atom. The van der Waals surface area contributed by atoms with Gasteiger partial charge in [-0.2, -0.15) is 9.98 Å². The first-order chi connectivity index (χ1) is 12.1. The summed E-state index contributed by atoms with van der Waals surface area (Å²) in [7, 11) is 0. The average molecular weight is 338 g/mol. The standard InChI is InChI=1S/C17H10N2O6/c20-10-18-13-3-1-12(2-4-13)17(23)24-9-16(22)25-15-7-5-14(6-8-15)19-11-21/h1-8H,9H2. The summed E-state index contributed by atoms with van der Waals surface area (Å²) in [5.41, 5.74) is 0.894. The quantitative estimate of drug-likeness (QED) is 0.346. The van der Waals surface area contributed by atoms with Gasteiger partial charge >= 0.3 is 11.9 Å². The van der Waals surface area contributed by atoms with Crippen molar-refractivity contribution in [2.24, 2.45) is 9.98 Å². The molecule has 0 unspecified atom stereocenters. The molecule has 0 bridgehead atoms. The Balaban J connectivity index is 1.87. The molecule has 2 rings (SSSR count). The van der Waals surface area contributed by atoms with E-state index in [1.165, 1.54) is 60.7 Å². The molecule has 2 aromatic carbocycles. The molecule has 0 amide bonds. The zero-order valence-corrected chi connectivity index (χ0v) is 12.7. The Morgan fingerprint density at radius 1 is 0.840 bits per heavy atom. The SMILES string of the molecule is O=C=Nc1ccc(OC(=O)COC(=O)c2ccc(N=C=O)cc2)cc1. The Hall–Kier alpha value is -3.86. The van der Waals surface area contributed by atoms with Crippen molar-refractivity contribution < 1.29 is 28.7 Å². The number of hydrogen-bond donors (Lipinski definition) is 0. The van der Waals surface area contributed by atoms with E-state index >= 15 is 0 Å². The Bertz CT molecular complexity index is 861. The van der Waals surface area contributed by atoms with E-state index in [2.05, 4.69) is 9.98 Å². The monoisotopic (exact) mass is 338 g/mol. The van der Waals surface area contributed by atoms with Gasteiger partial charge in [-0.1, -0.05) is 0 Å². The van der Waals surface area contributed by atoms with Gasteiger partial charge in [0.2, 0.25) is 12.2 Å². The molecule has 0 aliphatic heterocycles. The van der Waals surface area contributed by atoms with Crippen LogP contribution in [0.1, 0.15) is 10.4 Å². The van der Waals surface area contributed by atoms with Crippen molar-refractivity contribution in [2.45, 2.75) is 0 Å². The first-order valence-corrected chi connectivity index (χ1v) is 6.86. The van der Waals surface area contributed by atoms with E-state index in [4.69, 9.17) is 9.47 Å².